The van der Waals surface area contributed by atoms with E-state index in [-0.39, 0.29) is 17.2 Å². The van der Waals surface area contributed by atoms with Crippen molar-refractivity contribution < 1.29 is 4.79 Å². The van der Waals surface area contributed by atoms with Gasteiger partial charge in [-0.1, -0.05) is 25.4 Å². The highest BCUT2D eigenvalue weighted by atomic mass is 35.5. The summed E-state index contributed by atoms with van der Waals surface area (Å²) in [5.41, 5.74) is 0.702. The summed E-state index contributed by atoms with van der Waals surface area (Å²) in [4.78, 5) is 12.5. The maximum Gasteiger partial charge on any atom is 0.166 e. The first kappa shape index (κ1) is 14.5. The molecule has 103 valence electrons. The molecule has 1 saturated heterocycles. The predicted octanol–water partition coefficient (Wildman–Crippen LogP) is 3.95. The second kappa shape index (κ2) is 5.64. The Labute approximate surface area is 120 Å². The summed E-state index contributed by atoms with van der Waals surface area (Å²) < 4.78 is 0. The number of carbonyl (C=O) groups is 1. The molecule has 2 atom stereocenters. The van der Waals surface area contributed by atoms with E-state index in [1.54, 1.807) is 12.1 Å². The second-order valence-corrected chi connectivity index (χ2v) is 6.39. The summed E-state index contributed by atoms with van der Waals surface area (Å²) in [6.07, 6.45) is 1.72. The zero-order valence-corrected chi connectivity index (χ0v) is 12.6. The summed E-state index contributed by atoms with van der Waals surface area (Å²) in [5, 5.41) is 5.40. The van der Waals surface area contributed by atoms with E-state index < -0.39 is 0 Å². The lowest BCUT2D eigenvalue weighted by atomic mass is 9.74. The molecular formula is C16H21ClNO. The highest BCUT2D eigenvalue weighted by molar-refractivity contribution is 6.30. The van der Waals surface area contributed by atoms with Gasteiger partial charge < -0.3 is 0 Å². The lowest BCUT2D eigenvalue weighted by molar-refractivity contribution is 0.0797. The van der Waals surface area contributed by atoms with E-state index in [1.807, 2.05) is 12.1 Å². The summed E-state index contributed by atoms with van der Waals surface area (Å²) >= 11 is 5.86. The van der Waals surface area contributed by atoms with Crippen molar-refractivity contribution in [2.45, 2.75) is 39.2 Å². The lowest BCUT2D eigenvalue weighted by Gasteiger charge is -2.40. The van der Waals surface area contributed by atoms with Crippen LogP contribution in [0, 0.1) is 11.8 Å². The van der Waals surface area contributed by atoms with E-state index in [0.717, 1.165) is 24.9 Å². The maximum atomic E-state index is 12.5. The van der Waals surface area contributed by atoms with Gasteiger partial charge in [0, 0.05) is 28.6 Å². The predicted molar refractivity (Wildman–Crippen MR) is 78.8 cm³/mol. The lowest BCUT2D eigenvalue weighted by Crippen LogP contribution is -2.49. The number of halogens is 1. The zero-order valence-electron chi connectivity index (χ0n) is 11.8. The molecule has 1 aromatic rings. The topological polar surface area (TPSA) is 31.2 Å². The Kier molecular flexibility index (Phi) is 4.32. The number of piperidine rings is 1. The summed E-state index contributed by atoms with van der Waals surface area (Å²) in [6.45, 7) is 7.31. The molecule has 2 nitrogen and oxygen atoms in total. The highest BCUT2D eigenvalue weighted by Gasteiger charge is 2.38. The number of carbonyl (C=O) groups excluding carboxylic acids is 1. The first-order valence-corrected chi connectivity index (χ1v) is 7.28. The molecule has 1 fully saturated rings. The highest BCUT2D eigenvalue weighted by Crippen LogP contribution is 2.33. The van der Waals surface area contributed by atoms with Gasteiger partial charge in [0.15, 0.2) is 5.78 Å². The molecule has 1 aliphatic heterocycles. The van der Waals surface area contributed by atoms with Crippen molar-refractivity contribution in [1.82, 2.24) is 5.32 Å². The van der Waals surface area contributed by atoms with E-state index in [2.05, 4.69) is 20.8 Å². The van der Waals surface area contributed by atoms with Gasteiger partial charge in [-0.15, -0.1) is 0 Å². The van der Waals surface area contributed by atoms with Crippen LogP contribution >= 0.6 is 11.6 Å². The van der Waals surface area contributed by atoms with Crippen LogP contribution in [0.15, 0.2) is 24.3 Å². The van der Waals surface area contributed by atoms with Crippen LogP contribution in [0.5, 0.6) is 0 Å². The van der Waals surface area contributed by atoms with Gasteiger partial charge in [-0.3, -0.25) is 4.79 Å². The van der Waals surface area contributed by atoms with Crippen molar-refractivity contribution in [2.75, 3.05) is 6.54 Å². The number of hydrogen-bond donors (Lipinski definition) is 0. The SMILES string of the molecule is CC(C)C1(C)CC(C(=O)c2ccc(Cl)cc2)CC[N]1. The van der Waals surface area contributed by atoms with Crippen molar-refractivity contribution in [3.63, 3.8) is 0 Å². The van der Waals surface area contributed by atoms with Gasteiger partial charge in [0.25, 0.3) is 0 Å². The molecule has 2 unspecified atom stereocenters. The Hall–Kier alpha value is -0.860. The van der Waals surface area contributed by atoms with Crippen molar-refractivity contribution in [3.05, 3.63) is 34.9 Å². The first-order valence-electron chi connectivity index (χ1n) is 6.91. The Balaban J connectivity index is 2.13. The Morgan fingerprint density at radius 2 is 2.00 bits per heavy atom. The molecule has 0 N–H and O–H groups in total. The Morgan fingerprint density at radius 1 is 1.37 bits per heavy atom. The summed E-state index contributed by atoms with van der Waals surface area (Å²) in [6, 6.07) is 7.21. The molecule has 0 aliphatic carbocycles. The van der Waals surface area contributed by atoms with Gasteiger partial charge >= 0.3 is 0 Å². The average molecular weight is 279 g/mol. The molecule has 1 heterocycles. The van der Waals surface area contributed by atoms with Gasteiger partial charge in [0.2, 0.25) is 0 Å². The minimum atomic E-state index is -0.0645. The molecule has 0 aromatic heterocycles. The number of Topliss-reactive ketones (excluding diaryl/α,β-unsaturated/α-hetero) is 1. The van der Waals surface area contributed by atoms with Gasteiger partial charge in [-0.2, -0.15) is 0 Å². The minimum absolute atomic E-state index is 0.0645. The van der Waals surface area contributed by atoms with Crippen molar-refractivity contribution in [2.24, 2.45) is 11.8 Å². The molecular weight excluding hydrogens is 258 g/mol. The van der Waals surface area contributed by atoms with E-state index in [4.69, 9.17) is 16.9 Å². The average Bonchev–Trinajstić information content (AvgIpc) is 2.39. The van der Waals surface area contributed by atoms with Crippen molar-refractivity contribution in [3.8, 4) is 0 Å². The normalized spacial score (nSPS) is 27.5. The van der Waals surface area contributed by atoms with Gasteiger partial charge in [0.05, 0.1) is 0 Å². The van der Waals surface area contributed by atoms with Crippen LogP contribution in [-0.4, -0.2) is 17.9 Å². The molecule has 0 amide bonds. The summed E-state index contributed by atoms with van der Waals surface area (Å²) in [7, 11) is 0. The molecule has 3 heteroatoms. The third kappa shape index (κ3) is 3.18. The fourth-order valence-corrected chi connectivity index (χ4v) is 2.76. The van der Waals surface area contributed by atoms with Crippen LogP contribution in [0.25, 0.3) is 0 Å². The molecule has 0 saturated carbocycles. The van der Waals surface area contributed by atoms with Gasteiger partial charge in [0.1, 0.15) is 0 Å². The molecule has 1 aliphatic rings. The van der Waals surface area contributed by atoms with Crippen LogP contribution in [0.3, 0.4) is 0 Å². The monoisotopic (exact) mass is 278 g/mol. The number of hydrogen-bond acceptors (Lipinski definition) is 1. The number of ketones is 1. The fourth-order valence-electron chi connectivity index (χ4n) is 2.63. The third-order valence-corrected chi connectivity index (χ3v) is 4.61. The van der Waals surface area contributed by atoms with E-state index >= 15 is 0 Å². The van der Waals surface area contributed by atoms with Crippen LogP contribution < -0.4 is 5.32 Å². The quantitative estimate of drug-likeness (QED) is 0.770. The largest absolute Gasteiger partial charge is 0.294 e. The zero-order chi connectivity index (χ0) is 14.0. The fraction of sp³-hybridized carbons (Fsp3) is 0.562. The standard InChI is InChI=1S/C16H21ClNO/c1-11(2)16(3)10-13(8-9-18-16)15(19)12-4-6-14(17)7-5-12/h4-7,11,13H,8-10H2,1-3H3. The first-order chi connectivity index (χ1) is 8.92. The molecule has 1 aromatic carbocycles. The molecule has 0 spiro atoms. The molecule has 2 rings (SSSR count). The number of nitrogens with zero attached hydrogens (tertiary/aromatic N) is 1. The maximum absolute atomic E-state index is 12.5. The van der Waals surface area contributed by atoms with Gasteiger partial charge in [-0.25, -0.2) is 5.32 Å². The second-order valence-electron chi connectivity index (χ2n) is 5.95. The summed E-state index contributed by atoms with van der Waals surface area (Å²) in [5.74, 6) is 0.790. The van der Waals surface area contributed by atoms with E-state index in [9.17, 15) is 4.79 Å². The van der Waals surface area contributed by atoms with Crippen LogP contribution in [0.2, 0.25) is 5.02 Å². The smallest absolute Gasteiger partial charge is 0.166 e. The molecule has 1 radical (unpaired) electrons. The third-order valence-electron chi connectivity index (χ3n) is 4.35. The Bertz CT molecular complexity index is 454. The van der Waals surface area contributed by atoms with E-state index in [0.29, 0.717) is 10.9 Å². The van der Waals surface area contributed by atoms with E-state index in [1.165, 1.54) is 0 Å². The van der Waals surface area contributed by atoms with Crippen LogP contribution in [0.1, 0.15) is 44.0 Å². The Morgan fingerprint density at radius 3 is 2.58 bits per heavy atom. The van der Waals surface area contributed by atoms with Crippen LogP contribution in [0.4, 0.5) is 0 Å². The van der Waals surface area contributed by atoms with Crippen LogP contribution in [-0.2, 0) is 0 Å². The molecule has 0 bridgehead atoms. The number of benzene rings is 1. The van der Waals surface area contributed by atoms with Gasteiger partial charge in [-0.05, 0) is 49.9 Å². The number of rotatable bonds is 3. The van der Waals surface area contributed by atoms with Crippen molar-refractivity contribution in [1.29, 1.82) is 0 Å². The molecule has 19 heavy (non-hydrogen) atoms. The minimum Gasteiger partial charge on any atom is -0.294 e. The van der Waals surface area contributed by atoms with Crippen molar-refractivity contribution >= 4 is 17.4 Å².